The van der Waals surface area contributed by atoms with E-state index in [4.69, 9.17) is 15.6 Å². The van der Waals surface area contributed by atoms with Gasteiger partial charge in [-0.1, -0.05) is 0 Å². The number of carbonyl (C=O) groups is 2. The second kappa shape index (κ2) is 5.06. The Bertz CT molecular complexity index is 361. The molecule has 1 rings (SSSR count). The Hall–Kier alpha value is -1.95. The van der Waals surface area contributed by atoms with Gasteiger partial charge in [-0.25, -0.2) is 4.79 Å². The summed E-state index contributed by atoms with van der Waals surface area (Å²) in [7, 11) is 0. The Kier molecular flexibility index (Phi) is 3.75. The number of hydrogen-bond donors (Lipinski definition) is 2. The van der Waals surface area contributed by atoms with E-state index in [2.05, 4.69) is 0 Å². The molecule has 0 fully saturated rings. The van der Waals surface area contributed by atoms with Crippen LogP contribution in [0, 0.1) is 0 Å². The molecule has 0 aromatic carbocycles. The van der Waals surface area contributed by atoms with E-state index in [1.807, 2.05) is 0 Å². The quantitative estimate of drug-likeness (QED) is 0.619. The van der Waals surface area contributed by atoms with Gasteiger partial charge in [0.15, 0.2) is 19.0 Å². The molecule has 0 bridgehead atoms. The highest BCUT2D eigenvalue weighted by molar-refractivity contribution is 5.92. The summed E-state index contributed by atoms with van der Waals surface area (Å²) in [5, 5.41) is 8.31. The molecule has 6 heteroatoms. The van der Waals surface area contributed by atoms with Crippen molar-refractivity contribution in [3.05, 3.63) is 30.1 Å². The highest BCUT2D eigenvalue weighted by Gasteiger charge is 2.05. The third-order valence-electron chi connectivity index (χ3n) is 1.64. The first-order valence-corrected chi connectivity index (χ1v) is 4.18. The topological polar surface area (TPSA) is 93.5 Å². The highest BCUT2D eigenvalue weighted by atomic mass is 16.5. The zero-order valence-electron chi connectivity index (χ0n) is 7.92. The summed E-state index contributed by atoms with van der Waals surface area (Å²) in [4.78, 5) is 20.9. The third kappa shape index (κ3) is 3.74. The molecule has 1 heterocycles. The fourth-order valence-electron chi connectivity index (χ4n) is 0.946. The fourth-order valence-corrected chi connectivity index (χ4v) is 0.946. The molecule has 0 spiro atoms. The van der Waals surface area contributed by atoms with Crippen LogP contribution in [0.1, 0.15) is 10.4 Å². The molecule has 15 heavy (non-hydrogen) atoms. The van der Waals surface area contributed by atoms with Gasteiger partial charge in [0.05, 0.1) is 5.56 Å². The minimum absolute atomic E-state index is 0.116. The lowest BCUT2D eigenvalue weighted by Crippen LogP contribution is -2.35. The number of nitrogens with zero attached hydrogens (tertiary/aromatic N) is 1. The minimum Gasteiger partial charge on any atom is -0.480 e. The maximum absolute atomic E-state index is 10.7. The molecular weight excluding hydrogens is 200 g/mol. The van der Waals surface area contributed by atoms with E-state index in [0.29, 0.717) is 5.56 Å². The second-order valence-electron chi connectivity index (χ2n) is 2.84. The van der Waals surface area contributed by atoms with Crippen LogP contribution in [0.25, 0.3) is 0 Å². The summed E-state index contributed by atoms with van der Waals surface area (Å²) in [6.07, 6.45) is 3.17. The maximum atomic E-state index is 10.7. The van der Waals surface area contributed by atoms with Crippen molar-refractivity contribution in [1.82, 2.24) is 0 Å². The summed E-state index contributed by atoms with van der Waals surface area (Å²) >= 11 is 0. The second-order valence-corrected chi connectivity index (χ2v) is 2.84. The van der Waals surface area contributed by atoms with E-state index in [-0.39, 0.29) is 13.3 Å². The van der Waals surface area contributed by atoms with Gasteiger partial charge in [0.1, 0.15) is 0 Å². The number of carbonyl (C=O) groups excluding carboxylic acids is 1. The summed E-state index contributed by atoms with van der Waals surface area (Å²) in [5.41, 5.74) is 5.44. The first kappa shape index (κ1) is 11.1. The Labute approximate surface area is 85.9 Å². The first-order valence-electron chi connectivity index (χ1n) is 4.18. The molecular formula is C9H11N2O4+. The van der Waals surface area contributed by atoms with Crippen molar-refractivity contribution in [2.75, 3.05) is 6.61 Å². The molecule has 0 atom stereocenters. The third-order valence-corrected chi connectivity index (χ3v) is 1.64. The normalized spacial score (nSPS) is 9.87. The van der Waals surface area contributed by atoms with Crippen LogP contribution in [-0.4, -0.2) is 23.6 Å². The minimum atomic E-state index is -1.02. The molecule has 80 valence electrons. The van der Waals surface area contributed by atoms with Gasteiger partial charge in [0.25, 0.3) is 6.73 Å². The number of primary amides is 1. The number of hydrogen-bond acceptors (Lipinski definition) is 3. The van der Waals surface area contributed by atoms with E-state index >= 15 is 0 Å². The van der Waals surface area contributed by atoms with Crippen LogP contribution in [0.4, 0.5) is 0 Å². The molecule has 0 aliphatic heterocycles. The highest BCUT2D eigenvalue weighted by Crippen LogP contribution is 1.92. The number of amides is 1. The largest absolute Gasteiger partial charge is 0.480 e. The van der Waals surface area contributed by atoms with E-state index in [0.717, 1.165) is 0 Å². The van der Waals surface area contributed by atoms with Gasteiger partial charge < -0.3 is 15.6 Å². The Morgan fingerprint density at radius 2 is 2.00 bits per heavy atom. The molecule has 0 aliphatic carbocycles. The molecule has 0 radical (unpaired) electrons. The lowest BCUT2D eigenvalue weighted by Gasteiger charge is -1.97. The van der Waals surface area contributed by atoms with E-state index in [9.17, 15) is 9.59 Å². The Morgan fingerprint density at radius 1 is 1.40 bits per heavy atom. The van der Waals surface area contributed by atoms with Gasteiger partial charge in [-0.05, 0) is 0 Å². The number of ether oxygens (including phenoxy) is 1. The monoisotopic (exact) mass is 211 g/mol. The van der Waals surface area contributed by atoms with Crippen LogP contribution >= 0.6 is 0 Å². The number of rotatable bonds is 5. The van der Waals surface area contributed by atoms with Gasteiger partial charge in [0.2, 0.25) is 5.91 Å². The summed E-state index contributed by atoms with van der Waals surface area (Å²) < 4.78 is 6.42. The van der Waals surface area contributed by atoms with Crippen LogP contribution in [0.5, 0.6) is 0 Å². The van der Waals surface area contributed by atoms with E-state index < -0.39 is 11.9 Å². The van der Waals surface area contributed by atoms with Crippen molar-refractivity contribution in [2.45, 2.75) is 6.73 Å². The molecule has 0 saturated heterocycles. The lowest BCUT2D eigenvalue weighted by molar-refractivity contribution is -0.732. The van der Waals surface area contributed by atoms with Crippen molar-refractivity contribution < 1.29 is 24.0 Å². The number of pyridine rings is 1. The van der Waals surface area contributed by atoms with E-state index in [1.165, 1.54) is 12.1 Å². The van der Waals surface area contributed by atoms with Crippen LogP contribution in [0.15, 0.2) is 24.5 Å². The van der Waals surface area contributed by atoms with Crippen LogP contribution in [-0.2, 0) is 16.3 Å². The number of carboxylic acid groups (broad SMARTS) is 1. The molecule has 0 unspecified atom stereocenters. The van der Waals surface area contributed by atoms with Crippen molar-refractivity contribution in [2.24, 2.45) is 5.73 Å². The molecule has 1 aromatic rings. The number of carboxylic acids is 1. The van der Waals surface area contributed by atoms with Gasteiger partial charge in [-0.15, -0.1) is 0 Å². The predicted octanol–water partition coefficient (Wildman–Crippen LogP) is -0.868. The lowest BCUT2D eigenvalue weighted by atomic mass is 10.2. The zero-order chi connectivity index (χ0) is 11.3. The van der Waals surface area contributed by atoms with Crippen LogP contribution < -0.4 is 10.3 Å². The van der Waals surface area contributed by atoms with Crippen molar-refractivity contribution in [1.29, 1.82) is 0 Å². The zero-order valence-corrected chi connectivity index (χ0v) is 7.92. The number of nitrogens with two attached hydrogens (primary N) is 1. The van der Waals surface area contributed by atoms with Gasteiger partial charge >= 0.3 is 5.97 Å². The fraction of sp³-hybridized carbons (Fsp3) is 0.222. The average molecular weight is 211 g/mol. The maximum Gasteiger partial charge on any atom is 0.329 e. The van der Waals surface area contributed by atoms with Gasteiger partial charge in [-0.3, -0.25) is 4.79 Å². The number of aliphatic carboxylic acids is 1. The molecule has 1 amide bonds. The standard InChI is InChI=1S/C9H10N2O4/c10-9(14)7-1-3-11(4-2-7)6-15-5-8(12)13/h1-4H,5-6H2,(H2-,10,12,13,14)/p+1. The smallest absolute Gasteiger partial charge is 0.329 e. The molecule has 6 nitrogen and oxygen atoms in total. The molecule has 3 N–H and O–H groups in total. The summed E-state index contributed by atoms with van der Waals surface area (Å²) in [6, 6.07) is 3.07. The summed E-state index contributed by atoms with van der Waals surface area (Å²) in [6.45, 7) is -0.240. The van der Waals surface area contributed by atoms with Crippen molar-refractivity contribution in [3.63, 3.8) is 0 Å². The summed E-state index contributed by atoms with van der Waals surface area (Å²) in [5.74, 6) is -1.53. The van der Waals surface area contributed by atoms with Crippen LogP contribution in [0.3, 0.4) is 0 Å². The van der Waals surface area contributed by atoms with E-state index in [1.54, 1.807) is 17.0 Å². The Morgan fingerprint density at radius 3 is 2.47 bits per heavy atom. The number of aromatic nitrogens is 1. The SMILES string of the molecule is NC(=O)c1cc[n+](COCC(=O)O)cc1. The Balaban J connectivity index is 2.50. The molecule has 0 saturated carbocycles. The molecule has 0 aliphatic rings. The van der Waals surface area contributed by atoms with Gasteiger partial charge in [0, 0.05) is 12.1 Å². The molecule has 1 aromatic heterocycles. The van der Waals surface area contributed by atoms with Crippen molar-refractivity contribution >= 4 is 11.9 Å². The van der Waals surface area contributed by atoms with Crippen molar-refractivity contribution in [3.8, 4) is 0 Å². The first-order chi connectivity index (χ1) is 7.09. The van der Waals surface area contributed by atoms with Crippen LogP contribution in [0.2, 0.25) is 0 Å². The average Bonchev–Trinajstić information content (AvgIpc) is 2.18. The van der Waals surface area contributed by atoms with Gasteiger partial charge in [-0.2, -0.15) is 4.57 Å². The predicted molar refractivity (Wildman–Crippen MR) is 48.7 cm³/mol.